The molecule has 6 nitrogen and oxygen atoms in total. The molecule has 7 rings (SSSR count). The lowest BCUT2D eigenvalue weighted by Gasteiger charge is -2.14. The van der Waals surface area contributed by atoms with Gasteiger partial charge in [-0.15, -0.1) is 0 Å². The Kier molecular flexibility index (Phi) is 27.7. The van der Waals surface area contributed by atoms with Crippen LogP contribution in [0.2, 0.25) is 0 Å². The van der Waals surface area contributed by atoms with Gasteiger partial charge in [0, 0.05) is 17.5 Å². The van der Waals surface area contributed by atoms with E-state index in [0.717, 1.165) is 103 Å². The van der Waals surface area contributed by atoms with E-state index in [0.29, 0.717) is 29.0 Å². The minimum Gasteiger partial charge on any atom is -0.393 e. The van der Waals surface area contributed by atoms with Crippen molar-refractivity contribution in [1.82, 2.24) is 0 Å². The van der Waals surface area contributed by atoms with Crippen molar-refractivity contribution >= 4 is 29.2 Å². The van der Waals surface area contributed by atoms with Crippen molar-refractivity contribution in [3.8, 4) is 0 Å². The Labute approximate surface area is 380 Å². The first-order valence-electron chi connectivity index (χ1n) is 25.1. The van der Waals surface area contributed by atoms with Crippen LogP contribution in [0.15, 0.2) is 4.99 Å². The summed E-state index contributed by atoms with van der Waals surface area (Å²) >= 11 is 4.45. The predicted molar refractivity (Wildman–Crippen MR) is 264 cm³/mol. The molecule has 358 valence electrons. The summed E-state index contributed by atoms with van der Waals surface area (Å²) in [5.74, 6) is 13.6. The van der Waals surface area contributed by atoms with Gasteiger partial charge in [0.15, 0.2) is 0 Å². The summed E-state index contributed by atoms with van der Waals surface area (Å²) in [5.41, 5.74) is 0. The van der Waals surface area contributed by atoms with Gasteiger partial charge in [-0.3, -0.25) is 9.18 Å². The maximum absolute atomic E-state index is 11.0. The molecule has 0 amide bonds. The third kappa shape index (κ3) is 23.7. The van der Waals surface area contributed by atoms with Crippen LogP contribution >= 0.6 is 12.6 Å². The molecule has 1 aliphatic heterocycles. The van der Waals surface area contributed by atoms with Crippen LogP contribution in [-0.4, -0.2) is 50.3 Å². The summed E-state index contributed by atoms with van der Waals surface area (Å²) in [5, 5.41) is 9.85. The van der Waals surface area contributed by atoms with E-state index in [-0.39, 0.29) is 12.2 Å². The van der Waals surface area contributed by atoms with Gasteiger partial charge in [-0.25, -0.2) is 4.18 Å². The van der Waals surface area contributed by atoms with Crippen molar-refractivity contribution in [2.45, 2.75) is 225 Å². The van der Waals surface area contributed by atoms with E-state index in [9.17, 15) is 8.42 Å². The molecule has 0 aromatic rings. The van der Waals surface area contributed by atoms with Crippen LogP contribution in [0, 0.1) is 94.7 Å². The lowest BCUT2D eigenvalue weighted by molar-refractivity contribution is 0.139. The van der Waals surface area contributed by atoms with E-state index in [4.69, 9.17) is 9.29 Å². The predicted octanol–water partition coefficient (Wildman–Crippen LogP) is 14.6. The van der Waals surface area contributed by atoms with Gasteiger partial charge in [0.05, 0.1) is 19.3 Å². The molecule has 7 aliphatic rings. The third-order valence-electron chi connectivity index (χ3n) is 15.5. The summed E-state index contributed by atoms with van der Waals surface area (Å²) in [6, 6.07) is 0.593. The molecular weight excluding hydrogens is 783 g/mol. The van der Waals surface area contributed by atoms with E-state index >= 15 is 0 Å². The Hall–Kier alpha value is -0.150. The molecule has 6 aliphatic carbocycles. The average molecular weight is 887 g/mol. The fourth-order valence-corrected chi connectivity index (χ4v) is 12.5. The Morgan fingerprint density at radius 1 is 0.467 bits per heavy atom. The molecule has 1 heterocycles. The second-order valence-corrected chi connectivity index (χ2v) is 25.0. The molecule has 1 N–H and O–H groups in total. The fourth-order valence-electron chi connectivity index (χ4n) is 11.3. The fraction of sp³-hybridized carbons (Fsp3) is 0.981. The molecule has 60 heavy (non-hydrogen) atoms. The lowest BCUT2D eigenvalue weighted by Crippen LogP contribution is -2.21. The SMILES string of the molecule is CC1C=NC(C)C1.CC1CC(C)C(C)C1.CC1CC(C)C(C)C1.CC1CC(C)C(C)C1.CC1CC(C)C(O)C1.CC1CC(C)C(S)C1.COS(=O)(=O)OC1CC(C)CC1C. The zero-order valence-corrected chi connectivity index (χ0v) is 44.4. The summed E-state index contributed by atoms with van der Waals surface area (Å²) in [6.07, 6.45) is 18.6. The van der Waals surface area contributed by atoms with Crippen LogP contribution < -0.4 is 0 Å². The monoisotopic (exact) mass is 886 g/mol. The summed E-state index contributed by atoms with van der Waals surface area (Å²) < 4.78 is 31.0. The first-order chi connectivity index (χ1) is 27.7. The molecule has 0 bridgehead atoms. The molecule has 0 aromatic heterocycles. The van der Waals surface area contributed by atoms with Crippen LogP contribution in [0.5, 0.6) is 0 Å². The van der Waals surface area contributed by atoms with Crippen molar-refractivity contribution in [2.24, 2.45) is 99.7 Å². The quantitative estimate of drug-likeness (QED) is 0.276. The van der Waals surface area contributed by atoms with Gasteiger partial charge in [0.1, 0.15) is 0 Å². The zero-order chi connectivity index (χ0) is 46.1. The molecule has 17 unspecified atom stereocenters. The maximum Gasteiger partial charge on any atom is 0.399 e. The number of aliphatic hydroxyl groups is 1. The largest absolute Gasteiger partial charge is 0.399 e. The minimum absolute atomic E-state index is 0.00926. The van der Waals surface area contributed by atoms with Gasteiger partial charge in [-0.1, -0.05) is 111 Å². The lowest BCUT2D eigenvalue weighted by atomic mass is 10.0. The van der Waals surface area contributed by atoms with Crippen molar-refractivity contribution < 1.29 is 21.9 Å². The van der Waals surface area contributed by atoms with Crippen LogP contribution in [0.1, 0.15) is 201 Å². The molecule has 0 radical (unpaired) electrons. The van der Waals surface area contributed by atoms with Gasteiger partial charge in [0.25, 0.3) is 0 Å². The number of rotatable bonds is 3. The molecular formula is C52H103NO5S2. The van der Waals surface area contributed by atoms with Crippen molar-refractivity contribution in [3.63, 3.8) is 0 Å². The maximum atomic E-state index is 11.0. The zero-order valence-electron chi connectivity index (χ0n) is 42.7. The molecule has 0 aromatic carbocycles. The number of hydrogen-bond donors (Lipinski definition) is 2. The smallest absolute Gasteiger partial charge is 0.393 e. The summed E-state index contributed by atoms with van der Waals surface area (Å²) in [7, 11) is -2.65. The van der Waals surface area contributed by atoms with Gasteiger partial charge in [-0.05, 0) is 185 Å². The van der Waals surface area contributed by atoms with E-state index in [1.807, 2.05) is 13.1 Å². The molecule has 0 spiro atoms. The van der Waals surface area contributed by atoms with Gasteiger partial charge >= 0.3 is 10.4 Å². The van der Waals surface area contributed by atoms with Crippen LogP contribution in [-0.2, 0) is 18.8 Å². The molecule has 8 heteroatoms. The standard InChI is InChI=1S/C8H16O4S.3C8H16.C7H14O.C7H14S.C6H11N/c1-6-4-7(2)8(5-6)12-13(9,10)11-3;3*1-6-4-7(2)8(3)5-6;2*1-5-3-6(2)7(8)4-5;1-5-3-6(2)7-4-5/h6-8H,4-5H2,1-3H3;3*6-8H,4-5H2,1-3H3;2*5-8H,3-4H2,1-2H3;4-6H,3H2,1-2H3. The van der Waals surface area contributed by atoms with E-state index in [2.05, 4.69) is 133 Å². The first kappa shape index (κ1) is 57.9. The highest BCUT2D eigenvalue weighted by atomic mass is 32.3. The Morgan fingerprint density at radius 2 is 0.800 bits per heavy atom. The highest BCUT2D eigenvalue weighted by Crippen LogP contribution is 2.37. The normalized spacial score (nSPS) is 44.0. The highest BCUT2D eigenvalue weighted by molar-refractivity contribution is 7.81. The average Bonchev–Trinajstić information content (AvgIpc) is 3.99. The number of aliphatic hydroxyl groups excluding tert-OH is 1. The summed E-state index contributed by atoms with van der Waals surface area (Å²) in [6.45, 7) is 38.7. The van der Waals surface area contributed by atoms with E-state index in [1.54, 1.807) is 0 Å². The van der Waals surface area contributed by atoms with Crippen LogP contribution in [0.25, 0.3) is 0 Å². The van der Waals surface area contributed by atoms with Crippen LogP contribution in [0.4, 0.5) is 0 Å². The van der Waals surface area contributed by atoms with Gasteiger partial charge < -0.3 is 5.11 Å². The van der Waals surface area contributed by atoms with E-state index < -0.39 is 10.4 Å². The Balaban J connectivity index is 0.000000353. The molecule has 0 saturated heterocycles. The van der Waals surface area contributed by atoms with Gasteiger partial charge in [0.2, 0.25) is 0 Å². The topological polar surface area (TPSA) is 85.2 Å². The highest BCUT2D eigenvalue weighted by Gasteiger charge is 2.33. The third-order valence-corrected chi connectivity index (χ3v) is 17.1. The van der Waals surface area contributed by atoms with Crippen molar-refractivity contribution in [3.05, 3.63) is 0 Å². The second-order valence-electron chi connectivity index (χ2n) is 23.0. The number of hydrogen-bond acceptors (Lipinski definition) is 7. The second kappa shape index (κ2) is 28.7. The molecule has 17 atom stereocenters. The van der Waals surface area contributed by atoms with Gasteiger partial charge in [-0.2, -0.15) is 21.0 Å². The van der Waals surface area contributed by atoms with Crippen molar-refractivity contribution in [2.75, 3.05) is 7.11 Å². The van der Waals surface area contributed by atoms with Crippen molar-refractivity contribution in [1.29, 1.82) is 0 Å². The minimum atomic E-state index is -3.76. The number of aliphatic imine (C=N–C) groups is 1. The number of thiol groups is 1. The first-order valence-corrected chi connectivity index (χ1v) is 27.0. The molecule has 6 fully saturated rings. The van der Waals surface area contributed by atoms with E-state index in [1.165, 1.54) is 64.2 Å². The Bertz CT molecular complexity index is 1070. The molecule has 6 saturated carbocycles. The van der Waals surface area contributed by atoms with Crippen LogP contribution in [0.3, 0.4) is 0 Å². The Morgan fingerprint density at radius 3 is 0.950 bits per heavy atom. The number of nitrogens with zero attached hydrogens (tertiary/aromatic N) is 1. The summed E-state index contributed by atoms with van der Waals surface area (Å²) in [4.78, 5) is 4.19.